The number of ether oxygens (including phenoxy) is 1. The maximum atomic E-state index is 12.4. The summed E-state index contributed by atoms with van der Waals surface area (Å²) in [6.07, 6.45) is 3.76. The topological polar surface area (TPSA) is 67.6 Å². The first-order valence-electron chi connectivity index (χ1n) is 9.50. The molecule has 2 aliphatic heterocycles. The van der Waals surface area contributed by atoms with Crippen molar-refractivity contribution in [3.63, 3.8) is 0 Å². The maximum Gasteiger partial charge on any atom is 0.240 e. The summed E-state index contributed by atoms with van der Waals surface area (Å²) < 4.78 is 5.31. The van der Waals surface area contributed by atoms with Crippen LogP contribution in [-0.2, 0) is 22.6 Å². The van der Waals surface area contributed by atoms with Crippen molar-refractivity contribution in [3.8, 4) is 0 Å². The van der Waals surface area contributed by atoms with Crippen molar-refractivity contribution in [2.75, 3.05) is 26.3 Å². The molecule has 2 aliphatic rings. The Morgan fingerprint density at radius 3 is 2.52 bits per heavy atom. The number of amides is 1. The molecular formula is C20H33Cl2N3O2. The van der Waals surface area contributed by atoms with Gasteiger partial charge in [0.1, 0.15) is 0 Å². The van der Waals surface area contributed by atoms with Crippen molar-refractivity contribution >= 4 is 30.7 Å². The highest BCUT2D eigenvalue weighted by Gasteiger charge is 2.35. The summed E-state index contributed by atoms with van der Waals surface area (Å²) in [7, 11) is 0. The smallest absolute Gasteiger partial charge is 0.240 e. The third kappa shape index (κ3) is 6.91. The summed E-state index contributed by atoms with van der Waals surface area (Å²) >= 11 is 0. The molecule has 154 valence electrons. The fraction of sp³-hybridized carbons (Fsp3) is 0.650. The van der Waals surface area contributed by atoms with Crippen molar-refractivity contribution in [3.05, 3.63) is 35.4 Å². The van der Waals surface area contributed by atoms with Gasteiger partial charge in [-0.2, -0.15) is 0 Å². The molecule has 1 aromatic rings. The van der Waals surface area contributed by atoms with Crippen molar-refractivity contribution in [1.82, 2.24) is 10.2 Å². The molecule has 3 rings (SSSR count). The number of benzene rings is 1. The molecule has 27 heavy (non-hydrogen) atoms. The largest absolute Gasteiger partial charge is 0.381 e. The van der Waals surface area contributed by atoms with Gasteiger partial charge in [-0.3, -0.25) is 9.69 Å². The van der Waals surface area contributed by atoms with E-state index in [9.17, 15) is 4.79 Å². The number of rotatable bonds is 5. The van der Waals surface area contributed by atoms with Gasteiger partial charge in [0.2, 0.25) is 5.91 Å². The van der Waals surface area contributed by atoms with Gasteiger partial charge < -0.3 is 15.8 Å². The number of nitrogens with one attached hydrogen (secondary N) is 1. The Balaban J connectivity index is 0.00000182. The van der Waals surface area contributed by atoms with Crippen molar-refractivity contribution in [2.24, 2.45) is 11.7 Å². The van der Waals surface area contributed by atoms with Gasteiger partial charge in [-0.05, 0) is 55.8 Å². The quantitative estimate of drug-likeness (QED) is 0.772. The van der Waals surface area contributed by atoms with Crippen LogP contribution in [0.3, 0.4) is 0 Å². The van der Waals surface area contributed by atoms with Crippen LogP contribution in [0.4, 0.5) is 0 Å². The molecule has 0 saturated carbocycles. The summed E-state index contributed by atoms with van der Waals surface area (Å²) in [5, 5.41) is 3.01. The van der Waals surface area contributed by atoms with Crippen LogP contribution in [0.2, 0.25) is 0 Å². The Labute approximate surface area is 175 Å². The fourth-order valence-corrected chi connectivity index (χ4v) is 3.64. The van der Waals surface area contributed by atoms with Gasteiger partial charge in [0.25, 0.3) is 0 Å². The van der Waals surface area contributed by atoms with Gasteiger partial charge in [-0.1, -0.05) is 31.2 Å². The number of halogens is 2. The summed E-state index contributed by atoms with van der Waals surface area (Å²) in [6.45, 7) is 7.35. The lowest BCUT2D eigenvalue weighted by Crippen LogP contribution is -2.56. The SMILES string of the molecule is CC1CCN(Cc2cccc(CNC(=O)C3(N)CCOCC3)c2)CC1.Cl.Cl. The van der Waals surface area contributed by atoms with Gasteiger partial charge in [0.05, 0.1) is 5.54 Å². The minimum atomic E-state index is -0.777. The average molecular weight is 418 g/mol. The van der Waals surface area contributed by atoms with Gasteiger partial charge in [-0.25, -0.2) is 0 Å². The first kappa shape index (κ1) is 24.2. The third-order valence-electron chi connectivity index (χ3n) is 5.56. The summed E-state index contributed by atoms with van der Waals surface area (Å²) in [4.78, 5) is 14.9. The van der Waals surface area contributed by atoms with Crippen LogP contribution in [0.1, 0.15) is 43.7 Å². The second-order valence-corrected chi connectivity index (χ2v) is 7.73. The van der Waals surface area contributed by atoms with Crippen LogP contribution in [0.15, 0.2) is 24.3 Å². The van der Waals surface area contributed by atoms with Crippen LogP contribution in [0, 0.1) is 5.92 Å². The Bertz CT molecular complexity index is 586. The van der Waals surface area contributed by atoms with Crippen LogP contribution in [-0.4, -0.2) is 42.6 Å². The lowest BCUT2D eigenvalue weighted by Gasteiger charge is -2.31. The van der Waals surface area contributed by atoms with E-state index in [0.717, 1.165) is 18.0 Å². The Morgan fingerprint density at radius 2 is 1.85 bits per heavy atom. The van der Waals surface area contributed by atoms with Crippen LogP contribution < -0.4 is 11.1 Å². The first-order valence-corrected chi connectivity index (χ1v) is 9.50. The number of nitrogens with two attached hydrogens (primary N) is 1. The van der Waals surface area contributed by atoms with E-state index in [4.69, 9.17) is 10.5 Å². The lowest BCUT2D eigenvalue weighted by molar-refractivity contribution is -0.129. The standard InChI is InChI=1S/C20H31N3O2.2ClH/c1-16-5-9-23(10-6-16)15-18-4-2-3-17(13-18)14-22-19(24)20(21)7-11-25-12-8-20;;/h2-4,13,16H,5-12,14-15,21H2,1H3,(H,22,24);2*1H. The number of carbonyl (C=O) groups excluding carboxylic acids is 1. The predicted molar refractivity (Wildman–Crippen MR) is 113 cm³/mol. The van der Waals surface area contributed by atoms with Gasteiger partial charge in [-0.15, -0.1) is 24.8 Å². The minimum absolute atomic E-state index is 0. The van der Waals surface area contributed by atoms with Gasteiger partial charge in [0.15, 0.2) is 0 Å². The zero-order valence-electron chi connectivity index (χ0n) is 16.1. The van der Waals surface area contributed by atoms with E-state index in [-0.39, 0.29) is 30.7 Å². The zero-order chi connectivity index (χ0) is 17.7. The molecule has 1 aromatic carbocycles. The molecule has 7 heteroatoms. The Morgan fingerprint density at radius 1 is 1.22 bits per heavy atom. The van der Waals surface area contributed by atoms with E-state index < -0.39 is 5.54 Å². The summed E-state index contributed by atoms with van der Waals surface area (Å²) in [6, 6.07) is 8.52. The first-order chi connectivity index (χ1) is 12.0. The molecule has 0 spiro atoms. The maximum absolute atomic E-state index is 12.4. The van der Waals surface area contributed by atoms with E-state index in [2.05, 4.69) is 41.4 Å². The Kier molecular flexibility index (Phi) is 10.1. The molecule has 0 aromatic heterocycles. The van der Waals surface area contributed by atoms with Crippen molar-refractivity contribution in [2.45, 2.75) is 51.2 Å². The molecule has 0 atom stereocenters. The van der Waals surface area contributed by atoms with E-state index in [1.807, 2.05) is 0 Å². The average Bonchev–Trinajstić information content (AvgIpc) is 2.62. The van der Waals surface area contributed by atoms with E-state index >= 15 is 0 Å². The number of hydrogen-bond donors (Lipinski definition) is 2. The van der Waals surface area contributed by atoms with E-state index in [1.165, 1.54) is 31.5 Å². The molecule has 0 aliphatic carbocycles. The fourth-order valence-electron chi connectivity index (χ4n) is 3.64. The number of carbonyl (C=O) groups is 1. The molecule has 2 heterocycles. The Hall–Kier alpha value is -0.850. The van der Waals surface area contributed by atoms with E-state index in [0.29, 0.717) is 32.6 Å². The molecule has 1 amide bonds. The zero-order valence-corrected chi connectivity index (χ0v) is 17.7. The van der Waals surface area contributed by atoms with Crippen molar-refractivity contribution in [1.29, 1.82) is 0 Å². The minimum Gasteiger partial charge on any atom is -0.381 e. The molecule has 2 fully saturated rings. The summed E-state index contributed by atoms with van der Waals surface area (Å²) in [5.74, 6) is 0.790. The lowest BCUT2D eigenvalue weighted by atomic mass is 9.90. The second kappa shape index (κ2) is 11.2. The van der Waals surface area contributed by atoms with Gasteiger partial charge >= 0.3 is 0 Å². The highest BCUT2D eigenvalue weighted by Crippen LogP contribution is 2.19. The number of nitrogens with zero attached hydrogens (tertiary/aromatic N) is 1. The third-order valence-corrected chi connectivity index (χ3v) is 5.56. The molecule has 0 bridgehead atoms. The number of piperidine rings is 1. The molecule has 5 nitrogen and oxygen atoms in total. The second-order valence-electron chi connectivity index (χ2n) is 7.73. The molecule has 0 radical (unpaired) electrons. The van der Waals surface area contributed by atoms with Crippen LogP contribution in [0.5, 0.6) is 0 Å². The van der Waals surface area contributed by atoms with Gasteiger partial charge in [0, 0.05) is 26.3 Å². The highest BCUT2D eigenvalue weighted by atomic mass is 35.5. The highest BCUT2D eigenvalue weighted by molar-refractivity contribution is 5.86. The molecule has 2 saturated heterocycles. The molecule has 3 N–H and O–H groups in total. The number of likely N-dealkylation sites (tertiary alicyclic amines) is 1. The monoisotopic (exact) mass is 417 g/mol. The van der Waals surface area contributed by atoms with Crippen molar-refractivity contribution < 1.29 is 9.53 Å². The molecule has 0 unspecified atom stereocenters. The normalized spacial score (nSPS) is 20.2. The summed E-state index contributed by atoms with van der Waals surface area (Å²) in [5.41, 5.74) is 7.90. The van der Waals surface area contributed by atoms with Crippen LogP contribution >= 0.6 is 24.8 Å². The van der Waals surface area contributed by atoms with Crippen LogP contribution in [0.25, 0.3) is 0 Å². The van der Waals surface area contributed by atoms with E-state index in [1.54, 1.807) is 0 Å². The molecular weight excluding hydrogens is 385 g/mol. The number of hydrogen-bond acceptors (Lipinski definition) is 4. The predicted octanol–water partition coefficient (Wildman–Crippen LogP) is 2.89.